The molecule has 1 rings (SSSR count). The molecule has 0 bridgehead atoms. The molecule has 0 saturated heterocycles. The van der Waals surface area contributed by atoms with Gasteiger partial charge in [-0.1, -0.05) is 26.0 Å². The largest absolute Gasteiger partial charge is 0.482 e. The van der Waals surface area contributed by atoms with E-state index >= 15 is 0 Å². The number of rotatable bonds is 7. The fourth-order valence-corrected chi connectivity index (χ4v) is 2.19. The van der Waals surface area contributed by atoms with Gasteiger partial charge in [0.05, 0.1) is 0 Å². The van der Waals surface area contributed by atoms with Crippen LogP contribution >= 0.6 is 12.4 Å². The van der Waals surface area contributed by atoms with Crippen molar-refractivity contribution in [2.24, 2.45) is 0 Å². The average Bonchev–Trinajstić information content (AvgIpc) is 2.34. The molecule has 0 heterocycles. The van der Waals surface area contributed by atoms with Gasteiger partial charge in [0, 0.05) is 6.54 Å². The average molecular weight is 330 g/mol. The molecular formula is C17H28ClNO3. The first kappa shape index (κ1) is 20.7. The quantitative estimate of drug-likeness (QED) is 0.719. The first-order valence-electron chi connectivity index (χ1n) is 7.37. The van der Waals surface area contributed by atoms with Crippen LogP contribution in [0.5, 0.6) is 5.75 Å². The molecule has 1 aromatic rings. The van der Waals surface area contributed by atoms with Crippen molar-refractivity contribution in [2.45, 2.75) is 39.7 Å². The van der Waals surface area contributed by atoms with Gasteiger partial charge >= 0.3 is 5.97 Å². The van der Waals surface area contributed by atoms with E-state index in [9.17, 15) is 4.79 Å². The van der Waals surface area contributed by atoms with Gasteiger partial charge in [-0.25, -0.2) is 4.79 Å². The molecular weight excluding hydrogens is 302 g/mol. The van der Waals surface area contributed by atoms with E-state index in [1.807, 2.05) is 38.9 Å². The molecule has 0 aliphatic rings. The number of esters is 1. The maximum atomic E-state index is 11.8. The monoisotopic (exact) mass is 329 g/mol. The number of likely N-dealkylation sites (N-methyl/N-ethyl adjacent to an activating group) is 1. The van der Waals surface area contributed by atoms with Gasteiger partial charge in [0.2, 0.25) is 0 Å². The summed E-state index contributed by atoms with van der Waals surface area (Å²) >= 11 is 0. The molecule has 126 valence electrons. The molecule has 0 aliphatic heterocycles. The number of carbonyl (C=O) groups excluding carboxylic acids is 1. The Morgan fingerprint density at radius 1 is 1.23 bits per heavy atom. The molecule has 0 N–H and O–H groups in total. The first-order valence-corrected chi connectivity index (χ1v) is 7.37. The summed E-state index contributed by atoms with van der Waals surface area (Å²) in [5, 5.41) is 0. The summed E-state index contributed by atoms with van der Waals surface area (Å²) in [5.41, 5.74) is 2.22. The van der Waals surface area contributed by atoms with Crippen LogP contribution in [-0.4, -0.2) is 44.2 Å². The van der Waals surface area contributed by atoms with Gasteiger partial charge in [-0.2, -0.15) is 0 Å². The molecule has 0 saturated carbocycles. The van der Waals surface area contributed by atoms with Crippen molar-refractivity contribution in [1.82, 2.24) is 4.90 Å². The summed E-state index contributed by atoms with van der Waals surface area (Å²) in [6.45, 7) is 8.75. The Morgan fingerprint density at radius 3 is 2.41 bits per heavy atom. The number of ether oxygens (including phenoxy) is 2. The highest BCUT2D eigenvalue weighted by Crippen LogP contribution is 2.27. The van der Waals surface area contributed by atoms with Crippen molar-refractivity contribution in [2.75, 3.05) is 27.2 Å². The minimum atomic E-state index is -0.333. The summed E-state index contributed by atoms with van der Waals surface area (Å²) < 4.78 is 11.0. The topological polar surface area (TPSA) is 38.8 Å². The van der Waals surface area contributed by atoms with E-state index < -0.39 is 0 Å². The van der Waals surface area contributed by atoms with Crippen molar-refractivity contribution in [3.63, 3.8) is 0 Å². The van der Waals surface area contributed by atoms with Gasteiger partial charge < -0.3 is 14.4 Å². The lowest BCUT2D eigenvalue weighted by Gasteiger charge is -2.18. The van der Waals surface area contributed by atoms with Crippen molar-refractivity contribution in [3.8, 4) is 5.75 Å². The van der Waals surface area contributed by atoms with Crippen LogP contribution in [-0.2, 0) is 9.53 Å². The Balaban J connectivity index is 0.00000441. The highest BCUT2D eigenvalue weighted by molar-refractivity contribution is 5.85. The van der Waals surface area contributed by atoms with Crippen LogP contribution in [0.25, 0.3) is 0 Å². The number of halogens is 1. The van der Waals surface area contributed by atoms with E-state index in [2.05, 4.69) is 26.0 Å². The summed E-state index contributed by atoms with van der Waals surface area (Å²) in [6, 6.07) is 6.07. The lowest BCUT2D eigenvalue weighted by Crippen LogP contribution is -2.29. The normalized spacial score (nSPS) is 12.0. The number of nitrogens with zero attached hydrogens (tertiary/aromatic N) is 1. The number of carbonyl (C=O) groups is 1. The molecule has 0 fully saturated rings. The molecule has 22 heavy (non-hydrogen) atoms. The third kappa shape index (κ3) is 7.14. The summed E-state index contributed by atoms with van der Waals surface area (Å²) in [4.78, 5) is 13.8. The highest BCUT2D eigenvalue weighted by Gasteiger charge is 2.13. The van der Waals surface area contributed by atoms with Crippen LogP contribution in [0, 0.1) is 6.92 Å². The Hall–Kier alpha value is -1.26. The zero-order chi connectivity index (χ0) is 16.0. The predicted molar refractivity (Wildman–Crippen MR) is 92.1 cm³/mol. The van der Waals surface area contributed by atoms with Gasteiger partial charge in [-0.05, 0) is 51.1 Å². The number of aryl methyl sites for hydroxylation is 1. The molecule has 0 aromatic heterocycles. The molecule has 1 aromatic carbocycles. The molecule has 1 atom stereocenters. The van der Waals surface area contributed by atoms with Crippen molar-refractivity contribution < 1.29 is 14.3 Å². The van der Waals surface area contributed by atoms with E-state index in [1.165, 1.54) is 0 Å². The number of hydrogen-bond donors (Lipinski definition) is 0. The van der Waals surface area contributed by atoms with Crippen LogP contribution < -0.4 is 4.74 Å². The lowest BCUT2D eigenvalue weighted by atomic mass is 10.0. The van der Waals surface area contributed by atoms with Crippen LogP contribution in [0.1, 0.15) is 37.8 Å². The standard InChI is InChI=1S/C17H27NO3.ClH/c1-12(2)15-8-7-13(3)9-16(15)20-11-17(19)21-14(4)10-18(5)6;/h7-9,12,14H,10-11H2,1-6H3;1H. The smallest absolute Gasteiger partial charge is 0.344 e. The van der Waals surface area contributed by atoms with Crippen LogP contribution in [0.2, 0.25) is 0 Å². The third-order valence-corrected chi connectivity index (χ3v) is 3.09. The SMILES string of the molecule is Cc1ccc(C(C)C)c(OCC(=O)OC(C)CN(C)C)c1.Cl. The van der Waals surface area contributed by atoms with Crippen molar-refractivity contribution >= 4 is 18.4 Å². The fraction of sp³-hybridized carbons (Fsp3) is 0.588. The third-order valence-electron chi connectivity index (χ3n) is 3.09. The van der Waals surface area contributed by atoms with E-state index in [1.54, 1.807) is 0 Å². The number of hydrogen-bond acceptors (Lipinski definition) is 4. The second kappa shape index (κ2) is 9.70. The minimum absolute atomic E-state index is 0. The van der Waals surface area contributed by atoms with Crippen molar-refractivity contribution in [1.29, 1.82) is 0 Å². The highest BCUT2D eigenvalue weighted by atomic mass is 35.5. The Labute approximate surface area is 140 Å². The molecule has 0 spiro atoms. The van der Waals surface area contributed by atoms with Crippen LogP contribution in [0.15, 0.2) is 18.2 Å². The van der Waals surface area contributed by atoms with E-state index in [0.717, 1.165) is 16.9 Å². The van der Waals surface area contributed by atoms with Gasteiger partial charge in [-0.15, -0.1) is 12.4 Å². The van der Waals surface area contributed by atoms with Crippen molar-refractivity contribution in [3.05, 3.63) is 29.3 Å². The molecule has 1 unspecified atom stereocenters. The van der Waals surface area contributed by atoms with Gasteiger partial charge in [-0.3, -0.25) is 0 Å². The van der Waals surface area contributed by atoms with E-state index in [-0.39, 0.29) is 31.1 Å². The second-order valence-electron chi connectivity index (χ2n) is 6.05. The first-order chi connectivity index (χ1) is 9.79. The summed E-state index contributed by atoms with van der Waals surface area (Å²) in [5.74, 6) is 0.784. The van der Waals surface area contributed by atoms with Gasteiger partial charge in [0.1, 0.15) is 11.9 Å². The maximum Gasteiger partial charge on any atom is 0.344 e. The van der Waals surface area contributed by atoms with Crippen LogP contribution in [0.4, 0.5) is 0 Å². The zero-order valence-corrected chi connectivity index (χ0v) is 15.2. The maximum absolute atomic E-state index is 11.8. The number of benzene rings is 1. The van der Waals surface area contributed by atoms with Crippen LogP contribution in [0.3, 0.4) is 0 Å². The fourth-order valence-electron chi connectivity index (χ4n) is 2.19. The molecule has 0 radical (unpaired) electrons. The Kier molecular flexibility index (Phi) is 9.14. The van der Waals surface area contributed by atoms with Gasteiger partial charge in [0.25, 0.3) is 0 Å². The minimum Gasteiger partial charge on any atom is -0.482 e. The summed E-state index contributed by atoms with van der Waals surface area (Å²) in [6.07, 6.45) is -0.141. The zero-order valence-electron chi connectivity index (χ0n) is 14.4. The summed E-state index contributed by atoms with van der Waals surface area (Å²) in [7, 11) is 3.89. The van der Waals surface area contributed by atoms with E-state index in [0.29, 0.717) is 12.5 Å². The predicted octanol–water partition coefficient (Wildman–Crippen LogP) is 3.41. The van der Waals surface area contributed by atoms with Gasteiger partial charge in [0.15, 0.2) is 6.61 Å². The second-order valence-corrected chi connectivity index (χ2v) is 6.05. The Bertz CT molecular complexity index is 475. The molecule has 4 nitrogen and oxygen atoms in total. The van der Waals surface area contributed by atoms with E-state index in [4.69, 9.17) is 9.47 Å². The Morgan fingerprint density at radius 2 is 1.86 bits per heavy atom. The molecule has 0 amide bonds. The molecule has 0 aliphatic carbocycles. The lowest BCUT2D eigenvalue weighted by molar-refractivity contribution is -0.151. The molecule has 5 heteroatoms.